The molecule has 1 unspecified atom stereocenters. The number of nitrogens with one attached hydrogen (secondary N) is 1. The quantitative estimate of drug-likeness (QED) is 0.607. The number of carbonyl (C=O) groups excluding carboxylic acids is 2. The Bertz CT molecular complexity index is 813. The van der Waals surface area contributed by atoms with Crippen LogP contribution in [-0.2, 0) is 24.4 Å². The molecule has 1 saturated heterocycles. The molecule has 3 rings (SSSR count). The molecule has 2 amide bonds. The normalized spacial score (nSPS) is 16.4. The Balaban J connectivity index is 0.00000210. The number of benzene rings is 1. The summed E-state index contributed by atoms with van der Waals surface area (Å²) in [5.74, 6) is 0.116. The Morgan fingerprint density at radius 3 is 2.66 bits per heavy atom. The van der Waals surface area contributed by atoms with Gasteiger partial charge in [0, 0.05) is 19.6 Å². The van der Waals surface area contributed by atoms with Gasteiger partial charge in [0.05, 0.1) is 18.0 Å². The smallest absolute Gasteiger partial charge is 0.254 e. The van der Waals surface area contributed by atoms with Gasteiger partial charge in [-0.2, -0.15) is 0 Å². The summed E-state index contributed by atoms with van der Waals surface area (Å²) in [4.78, 5) is 25.9. The third-order valence-electron chi connectivity index (χ3n) is 4.88. The molecule has 7 nitrogen and oxygen atoms in total. The molecule has 1 aliphatic heterocycles. The van der Waals surface area contributed by atoms with Crippen LogP contribution in [0.4, 0.5) is 0 Å². The highest BCUT2D eigenvalue weighted by Crippen LogP contribution is 2.19. The summed E-state index contributed by atoms with van der Waals surface area (Å²) >= 11 is 0. The lowest BCUT2D eigenvalue weighted by Gasteiger charge is -2.31. The van der Waals surface area contributed by atoms with E-state index >= 15 is 0 Å². The van der Waals surface area contributed by atoms with Crippen molar-refractivity contribution in [2.45, 2.75) is 32.5 Å². The van der Waals surface area contributed by atoms with Gasteiger partial charge in [-0.15, -0.1) is 24.8 Å². The fourth-order valence-corrected chi connectivity index (χ4v) is 3.42. The first kappa shape index (κ1) is 25.0. The second-order valence-corrected chi connectivity index (χ2v) is 6.99. The molecule has 2 heterocycles. The van der Waals surface area contributed by atoms with E-state index in [1.54, 1.807) is 6.07 Å². The second-order valence-electron chi connectivity index (χ2n) is 6.99. The summed E-state index contributed by atoms with van der Waals surface area (Å²) in [5, 5.41) is 2.89. The van der Waals surface area contributed by atoms with E-state index in [1.807, 2.05) is 12.1 Å². The highest BCUT2D eigenvalue weighted by atomic mass is 35.5. The largest absolute Gasteiger partial charge is 0.467 e. The van der Waals surface area contributed by atoms with E-state index in [2.05, 4.69) is 22.3 Å². The van der Waals surface area contributed by atoms with Crippen molar-refractivity contribution in [1.82, 2.24) is 10.2 Å². The number of likely N-dealkylation sites (tertiary alicyclic amines) is 1. The van der Waals surface area contributed by atoms with E-state index in [4.69, 9.17) is 15.9 Å². The predicted octanol–water partition coefficient (Wildman–Crippen LogP) is 2.21. The summed E-state index contributed by atoms with van der Waals surface area (Å²) in [6.07, 6.45) is 3.27. The van der Waals surface area contributed by atoms with Gasteiger partial charge >= 0.3 is 0 Å². The molecule has 9 heteroatoms. The zero-order chi connectivity index (χ0) is 19.2. The van der Waals surface area contributed by atoms with Crippen LogP contribution in [0.15, 0.2) is 41.0 Å². The molecular formula is C20H28Cl2N4O3. The van der Waals surface area contributed by atoms with Gasteiger partial charge in [0.15, 0.2) is 0 Å². The number of hydrogen-bond donors (Lipinski definition) is 3. The van der Waals surface area contributed by atoms with Crippen LogP contribution < -0.4 is 16.8 Å². The first-order valence-corrected chi connectivity index (χ1v) is 9.20. The van der Waals surface area contributed by atoms with Gasteiger partial charge in [-0.3, -0.25) is 14.5 Å². The van der Waals surface area contributed by atoms with Crippen molar-refractivity contribution in [3.05, 3.63) is 59.0 Å². The van der Waals surface area contributed by atoms with E-state index in [-0.39, 0.29) is 49.1 Å². The van der Waals surface area contributed by atoms with Gasteiger partial charge < -0.3 is 21.2 Å². The van der Waals surface area contributed by atoms with Crippen molar-refractivity contribution in [2.24, 2.45) is 17.4 Å². The summed E-state index contributed by atoms with van der Waals surface area (Å²) in [6.45, 7) is 3.14. The molecule has 0 saturated carbocycles. The van der Waals surface area contributed by atoms with Crippen LogP contribution in [0.5, 0.6) is 0 Å². The number of carbonyl (C=O) groups is 2. The number of halogens is 2. The van der Waals surface area contributed by atoms with Crippen molar-refractivity contribution in [3.63, 3.8) is 0 Å². The average Bonchev–Trinajstić information content (AvgIpc) is 3.16. The Morgan fingerprint density at radius 2 is 1.97 bits per heavy atom. The lowest BCUT2D eigenvalue weighted by Crippen LogP contribution is -2.40. The topological polar surface area (TPSA) is 115 Å². The van der Waals surface area contributed by atoms with Gasteiger partial charge in [0.25, 0.3) is 5.91 Å². The van der Waals surface area contributed by atoms with Crippen LogP contribution in [0.25, 0.3) is 0 Å². The maximum absolute atomic E-state index is 12.2. The van der Waals surface area contributed by atoms with Crippen molar-refractivity contribution < 1.29 is 14.0 Å². The molecule has 0 radical (unpaired) electrons. The molecule has 1 aromatic heterocycles. The van der Waals surface area contributed by atoms with Crippen LogP contribution in [0.3, 0.4) is 0 Å². The molecule has 2 aromatic rings. The summed E-state index contributed by atoms with van der Waals surface area (Å²) in [6, 6.07) is 9.75. The molecule has 0 spiro atoms. The third-order valence-corrected chi connectivity index (χ3v) is 4.88. The minimum Gasteiger partial charge on any atom is -0.467 e. The van der Waals surface area contributed by atoms with Gasteiger partial charge in [-0.25, -0.2) is 0 Å². The molecule has 29 heavy (non-hydrogen) atoms. The molecular weight excluding hydrogens is 415 g/mol. The van der Waals surface area contributed by atoms with E-state index in [9.17, 15) is 9.59 Å². The van der Waals surface area contributed by atoms with Crippen molar-refractivity contribution in [3.8, 4) is 0 Å². The van der Waals surface area contributed by atoms with Crippen LogP contribution >= 0.6 is 24.8 Å². The summed E-state index contributed by atoms with van der Waals surface area (Å²) in [5.41, 5.74) is 13.6. The maximum Gasteiger partial charge on any atom is 0.254 e. The minimum atomic E-state index is -0.215. The number of rotatable bonds is 7. The highest BCUT2D eigenvalue weighted by Gasteiger charge is 2.23. The highest BCUT2D eigenvalue weighted by molar-refractivity contribution is 5.93. The monoisotopic (exact) mass is 442 g/mol. The molecule has 5 N–H and O–H groups in total. The Hall–Kier alpha value is -2.06. The fourth-order valence-electron chi connectivity index (χ4n) is 3.42. The van der Waals surface area contributed by atoms with Gasteiger partial charge in [0.2, 0.25) is 5.91 Å². The molecule has 1 atom stereocenters. The Kier molecular flexibility index (Phi) is 10.2. The summed E-state index contributed by atoms with van der Waals surface area (Å²) < 4.78 is 5.19. The zero-order valence-electron chi connectivity index (χ0n) is 16.1. The first-order chi connectivity index (χ1) is 13.0. The first-order valence-electron chi connectivity index (χ1n) is 9.20. The van der Waals surface area contributed by atoms with E-state index in [1.165, 1.54) is 6.26 Å². The van der Waals surface area contributed by atoms with Gasteiger partial charge in [-0.05, 0) is 36.6 Å². The Morgan fingerprint density at radius 1 is 1.21 bits per heavy atom. The van der Waals surface area contributed by atoms with Crippen molar-refractivity contribution >= 4 is 36.6 Å². The number of piperidine rings is 1. The number of furan rings is 1. The van der Waals surface area contributed by atoms with Crippen LogP contribution in [0.1, 0.15) is 40.1 Å². The van der Waals surface area contributed by atoms with Gasteiger partial charge in [0.1, 0.15) is 12.0 Å². The lowest BCUT2D eigenvalue weighted by molar-refractivity contribution is -0.123. The molecule has 1 fully saturated rings. The molecule has 1 aliphatic rings. The average molecular weight is 443 g/mol. The van der Waals surface area contributed by atoms with Gasteiger partial charge in [-0.1, -0.05) is 24.3 Å². The molecule has 1 aromatic carbocycles. The number of hydrogen-bond acceptors (Lipinski definition) is 5. The molecule has 160 valence electrons. The van der Waals surface area contributed by atoms with Crippen LogP contribution in [0.2, 0.25) is 0 Å². The molecule has 0 bridgehead atoms. The third kappa shape index (κ3) is 7.04. The SMILES string of the molecule is Cl.Cl.NCc1cc(C(=O)NCc2cccc(CN3CCCC(C(N)=O)C3)c2)co1. The summed E-state index contributed by atoms with van der Waals surface area (Å²) in [7, 11) is 0. The fraction of sp³-hybridized carbons (Fsp3) is 0.400. The Labute approximate surface area is 183 Å². The number of amides is 2. The number of nitrogens with two attached hydrogens (primary N) is 2. The second kappa shape index (κ2) is 11.8. The zero-order valence-corrected chi connectivity index (χ0v) is 17.8. The van der Waals surface area contributed by atoms with E-state index in [0.29, 0.717) is 24.4 Å². The van der Waals surface area contributed by atoms with E-state index < -0.39 is 0 Å². The maximum atomic E-state index is 12.2. The van der Waals surface area contributed by atoms with Crippen LogP contribution in [0, 0.1) is 5.92 Å². The minimum absolute atomic E-state index is 0. The lowest BCUT2D eigenvalue weighted by atomic mass is 9.97. The van der Waals surface area contributed by atoms with E-state index in [0.717, 1.165) is 37.1 Å². The number of primary amides is 1. The standard InChI is InChI=1S/C20H26N4O3.2ClH/c21-9-18-8-17(13-27-18)20(26)23-10-14-3-1-4-15(7-14)11-24-6-2-5-16(12-24)19(22)25;;/h1,3-4,7-8,13,16H,2,5-6,9-12,21H2,(H2,22,25)(H,23,26);2*1H. The van der Waals surface area contributed by atoms with Crippen molar-refractivity contribution in [2.75, 3.05) is 13.1 Å². The number of nitrogens with zero attached hydrogens (tertiary/aromatic N) is 1. The van der Waals surface area contributed by atoms with Crippen LogP contribution in [-0.4, -0.2) is 29.8 Å². The predicted molar refractivity (Wildman–Crippen MR) is 116 cm³/mol. The van der Waals surface area contributed by atoms with Crippen molar-refractivity contribution in [1.29, 1.82) is 0 Å². The molecule has 0 aliphatic carbocycles.